The lowest BCUT2D eigenvalue weighted by Gasteiger charge is -2.28. The predicted molar refractivity (Wildman–Crippen MR) is 88.5 cm³/mol. The SMILES string of the molecule is Cc1c[nH]c2cc(-c3ccccc3)c3c(c12)CCN(C)C3. The van der Waals surface area contributed by atoms with Gasteiger partial charge in [0, 0.05) is 30.2 Å². The van der Waals surface area contributed by atoms with Crippen LogP contribution in [0.25, 0.3) is 22.0 Å². The summed E-state index contributed by atoms with van der Waals surface area (Å²) in [5.74, 6) is 0. The molecule has 3 aromatic rings. The molecule has 0 atom stereocenters. The van der Waals surface area contributed by atoms with E-state index < -0.39 is 0 Å². The molecule has 2 heterocycles. The molecular formula is C19H20N2. The van der Waals surface area contributed by atoms with Gasteiger partial charge in [0.1, 0.15) is 0 Å². The van der Waals surface area contributed by atoms with Gasteiger partial charge in [0.2, 0.25) is 0 Å². The minimum atomic E-state index is 1.04. The monoisotopic (exact) mass is 276 g/mol. The Balaban J connectivity index is 2.05. The fraction of sp³-hybridized carbons (Fsp3) is 0.263. The highest BCUT2D eigenvalue weighted by molar-refractivity contribution is 5.93. The standard InChI is InChI=1S/C19H20N2/c1-13-11-20-18-10-16(14-6-4-3-5-7-14)17-12-21(2)9-8-15(17)19(13)18/h3-7,10-11,20H,8-9,12H2,1-2H3. The van der Waals surface area contributed by atoms with Crippen molar-refractivity contribution in [1.29, 1.82) is 0 Å². The van der Waals surface area contributed by atoms with Crippen molar-refractivity contribution in [1.82, 2.24) is 9.88 Å². The Labute approximate surface area is 125 Å². The molecule has 0 saturated carbocycles. The fourth-order valence-corrected chi connectivity index (χ4v) is 3.59. The Hall–Kier alpha value is -2.06. The summed E-state index contributed by atoms with van der Waals surface area (Å²) in [4.78, 5) is 5.86. The fourth-order valence-electron chi connectivity index (χ4n) is 3.59. The third-order valence-corrected chi connectivity index (χ3v) is 4.64. The van der Waals surface area contributed by atoms with Gasteiger partial charge in [0.15, 0.2) is 0 Å². The van der Waals surface area contributed by atoms with Crippen LogP contribution < -0.4 is 0 Å². The van der Waals surface area contributed by atoms with E-state index in [4.69, 9.17) is 0 Å². The van der Waals surface area contributed by atoms with Crippen molar-refractivity contribution in [3.8, 4) is 11.1 Å². The molecule has 0 fully saturated rings. The predicted octanol–water partition coefficient (Wildman–Crippen LogP) is 4.13. The number of nitrogens with one attached hydrogen (secondary N) is 1. The molecule has 0 saturated heterocycles. The summed E-state index contributed by atoms with van der Waals surface area (Å²) >= 11 is 0. The van der Waals surface area contributed by atoms with Crippen LogP contribution in [0.2, 0.25) is 0 Å². The Kier molecular flexibility index (Phi) is 2.86. The first-order valence-corrected chi connectivity index (χ1v) is 7.60. The van der Waals surface area contributed by atoms with Crippen molar-refractivity contribution in [3.63, 3.8) is 0 Å². The maximum Gasteiger partial charge on any atom is 0.0465 e. The molecule has 2 nitrogen and oxygen atoms in total. The molecule has 1 aromatic heterocycles. The van der Waals surface area contributed by atoms with E-state index in [1.165, 1.54) is 33.2 Å². The van der Waals surface area contributed by atoms with Crippen LogP contribution in [0.15, 0.2) is 42.6 Å². The number of hydrogen-bond acceptors (Lipinski definition) is 1. The van der Waals surface area contributed by atoms with E-state index in [0.29, 0.717) is 0 Å². The first kappa shape index (κ1) is 12.7. The van der Waals surface area contributed by atoms with Gasteiger partial charge in [-0.05, 0) is 54.3 Å². The Morgan fingerprint density at radius 2 is 1.90 bits per heavy atom. The Bertz CT molecular complexity index is 799. The molecule has 2 aromatic carbocycles. The van der Waals surface area contributed by atoms with E-state index in [2.05, 4.69) is 66.5 Å². The number of aryl methyl sites for hydroxylation is 1. The molecule has 1 aliphatic heterocycles. The summed E-state index contributed by atoms with van der Waals surface area (Å²) in [5, 5.41) is 1.44. The molecule has 0 unspecified atom stereocenters. The van der Waals surface area contributed by atoms with Crippen molar-refractivity contribution in [2.75, 3.05) is 13.6 Å². The van der Waals surface area contributed by atoms with Gasteiger partial charge in [-0.3, -0.25) is 0 Å². The van der Waals surface area contributed by atoms with Crippen molar-refractivity contribution in [2.45, 2.75) is 19.9 Å². The molecule has 0 spiro atoms. The second kappa shape index (κ2) is 4.74. The zero-order valence-corrected chi connectivity index (χ0v) is 12.6. The smallest absolute Gasteiger partial charge is 0.0465 e. The molecule has 106 valence electrons. The second-order valence-electron chi connectivity index (χ2n) is 6.13. The van der Waals surface area contributed by atoms with Gasteiger partial charge in [-0.1, -0.05) is 30.3 Å². The minimum absolute atomic E-state index is 1.04. The van der Waals surface area contributed by atoms with Crippen LogP contribution in [0.1, 0.15) is 16.7 Å². The molecule has 0 aliphatic carbocycles. The van der Waals surface area contributed by atoms with E-state index in [9.17, 15) is 0 Å². The molecule has 0 radical (unpaired) electrons. The number of nitrogens with zero attached hydrogens (tertiary/aromatic N) is 1. The van der Waals surface area contributed by atoms with E-state index in [1.807, 2.05) is 0 Å². The highest BCUT2D eigenvalue weighted by Crippen LogP contribution is 2.36. The summed E-state index contributed by atoms with van der Waals surface area (Å²) in [6.07, 6.45) is 3.28. The number of likely N-dealkylation sites (N-methyl/N-ethyl adjacent to an activating group) is 1. The van der Waals surface area contributed by atoms with Crippen LogP contribution in [-0.4, -0.2) is 23.5 Å². The van der Waals surface area contributed by atoms with Crippen LogP contribution in [0.3, 0.4) is 0 Å². The highest BCUT2D eigenvalue weighted by atomic mass is 15.1. The van der Waals surface area contributed by atoms with E-state index in [0.717, 1.165) is 19.5 Å². The van der Waals surface area contributed by atoms with Crippen LogP contribution in [0.5, 0.6) is 0 Å². The average molecular weight is 276 g/mol. The summed E-state index contributed by atoms with van der Waals surface area (Å²) in [5.41, 5.74) is 8.39. The van der Waals surface area contributed by atoms with Crippen LogP contribution in [-0.2, 0) is 13.0 Å². The van der Waals surface area contributed by atoms with Gasteiger partial charge >= 0.3 is 0 Å². The van der Waals surface area contributed by atoms with Crippen molar-refractivity contribution in [2.24, 2.45) is 0 Å². The van der Waals surface area contributed by atoms with Gasteiger partial charge in [0.25, 0.3) is 0 Å². The molecule has 2 heteroatoms. The van der Waals surface area contributed by atoms with Crippen LogP contribution in [0, 0.1) is 6.92 Å². The molecular weight excluding hydrogens is 256 g/mol. The van der Waals surface area contributed by atoms with E-state index >= 15 is 0 Å². The van der Waals surface area contributed by atoms with Gasteiger partial charge in [-0.25, -0.2) is 0 Å². The van der Waals surface area contributed by atoms with E-state index in [1.54, 1.807) is 5.56 Å². The third kappa shape index (κ3) is 1.98. The number of H-pyrrole nitrogens is 1. The zero-order valence-electron chi connectivity index (χ0n) is 12.6. The van der Waals surface area contributed by atoms with Crippen LogP contribution >= 0.6 is 0 Å². The number of fused-ring (bicyclic) bond motifs is 3. The Morgan fingerprint density at radius 1 is 1.10 bits per heavy atom. The highest BCUT2D eigenvalue weighted by Gasteiger charge is 2.21. The normalized spacial score (nSPS) is 15.3. The van der Waals surface area contributed by atoms with Gasteiger partial charge < -0.3 is 9.88 Å². The molecule has 1 aliphatic rings. The number of benzene rings is 2. The quantitative estimate of drug-likeness (QED) is 0.708. The topological polar surface area (TPSA) is 19.0 Å². The molecule has 0 amide bonds. The number of hydrogen-bond donors (Lipinski definition) is 1. The van der Waals surface area contributed by atoms with Gasteiger partial charge in [-0.15, -0.1) is 0 Å². The molecule has 1 N–H and O–H groups in total. The Morgan fingerprint density at radius 3 is 2.71 bits per heavy atom. The first-order valence-electron chi connectivity index (χ1n) is 7.60. The summed E-state index contributed by atoms with van der Waals surface area (Å²) in [6, 6.07) is 13.1. The van der Waals surface area contributed by atoms with Crippen molar-refractivity contribution in [3.05, 3.63) is 59.3 Å². The minimum Gasteiger partial charge on any atom is -0.361 e. The maximum atomic E-state index is 3.45. The number of aromatic amines is 1. The lowest BCUT2D eigenvalue weighted by molar-refractivity contribution is 0.314. The lowest BCUT2D eigenvalue weighted by Crippen LogP contribution is -2.27. The van der Waals surface area contributed by atoms with Crippen molar-refractivity contribution < 1.29 is 0 Å². The summed E-state index contributed by atoms with van der Waals surface area (Å²) in [7, 11) is 2.21. The van der Waals surface area contributed by atoms with E-state index in [-0.39, 0.29) is 0 Å². The summed E-state index contributed by atoms with van der Waals surface area (Å²) in [6.45, 7) is 4.39. The maximum absolute atomic E-state index is 3.45. The number of rotatable bonds is 1. The van der Waals surface area contributed by atoms with Crippen molar-refractivity contribution >= 4 is 10.9 Å². The molecule has 21 heavy (non-hydrogen) atoms. The summed E-state index contributed by atoms with van der Waals surface area (Å²) < 4.78 is 0. The zero-order chi connectivity index (χ0) is 14.4. The average Bonchev–Trinajstić information content (AvgIpc) is 2.88. The second-order valence-corrected chi connectivity index (χ2v) is 6.13. The largest absolute Gasteiger partial charge is 0.361 e. The van der Waals surface area contributed by atoms with Gasteiger partial charge in [0.05, 0.1) is 0 Å². The van der Waals surface area contributed by atoms with Gasteiger partial charge in [-0.2, -0.15) is 0 Å². The molecule has 4 rings (SSSR count). The van der Waals surface area contributed by atoms with Crippen LogP contribution in [0.4, 0.5) is 0 Å². The first-order chi connectivity index (χ1) is 10.2. The number of aromatic nitrogens is 1. The lowest BCUT2D eigenvalue weighted by atomic mass is 9.88. The molecule has 0 bridgehead atoms. The third-order valence-electron chi connectivity index (χ3n) is 4.64.